The lowest BCUT2D eigenvalue weighted by atomic mass is 10.1. The second kappa shape index (κ2) is 7.87. The van der Waals surface area contributed by atoms with Crippen LogP contribution in [0.5, 0.6) is 0 Å². The van der Waals surface area contributed by atoms with Crippen molar-refractivity contribution in [3.63, 3.8) is 0 Å². The Bertz CT molecular complexity index is 1110. The number of piperazine rings is 1. The fraction of sp³-hybridized carbons (Fsp3) is 0.217. The monoisotopic (exact) mass is 437 g/mol. The molecule has 30 heavy (non-hydrogen) atoms. The molecule has 1 saturated heterocycles. The van der Waals surface area contributed by atoms with Crippen LogP contribution in [0.1, 0.15) is 25.6 Å². The number of benzene rings is 2. The molecule has 0 saturated carbocycles. The lowest BCUT2D eigenvalue weighted by Crippen LogP contribution is -2.46. The highest BCUT2D eigenvalue weighted by molar-refractivity contribution is 7.09. The summed E-state index contributed by atoms with van der Waals surface area (Å²) in [4.78, 5) is 33.5. The number of carbonyl (C=O) groups excluding carboxylic acids is 2. The van der Waals surface area contributed by atoms with Gasteiger partial charge in [0.15, 0.2) is 0 Å². The molecular weight excluding hydrogens is 418 g/mol. The van der Waals surface area contributed by atoms with Gasteiger partial charge in [0.05, 0.1) is 22.5 Å². The summed E-state index contributed by atoms with van der Waals surface area (Å²) in [6.07, 6.45) is 0. The summed E-state index contributed by atoms with van der Waals surface area (Å²) in [5.74, 6) is -0.579. The number of fused-ring (bicyclic) bond motifs is 1. The number of thiophene rings is 1. The van der Waals surface area contributed by atoms with Gasteiger partial charge in [-0.3, -0.25) is 14.5 Å². The van der Waals surface area contributed by atoms with Crippen molar-refractivity contribution in [2.45, 2.75) is 6.54 Å². The van der Waals surface area contributed by atoms with Gasteiger partial charge in [0.25, 0.3) is 11.8 Å². The van der Waals surface area contributed by atoms with Crippen molar-refractivity contribution >= 4 is 46.1 Å². The zero-order chi connectivity index (χ0) is 20.7. The van der Waals surface area contributed by atoms with Crippen molar-refractivity contribution in [1.82, 2.24) is 4.90 Å². The van der Waals surface area contributed by atoms with Gasteiger partial charge in [-0.2, -0.15) is 0 Å². The number of imide groups is 1. The molecule has 2 aliphatic rings. The van der Waals surface area contributed by atoms with Crippen molar-refractivity contribution < 1.29 is 9.59 Å². The molecule has 2 aromatic carbocycles. The maximum Gasteiger partial charge on any atom is 0.268 e. The normalized spacial score (nSPS) is 17.0. The third kappa shape index (κ3) is 3.41. The Morgan fingerprint density at radius 1 is 0.900 bits per heavy atom. The largest absolute Gasteiger partial charge is 0.368 e. The molecule has 7 heteroatoms. The number of amides is 2. The number of carbonyl (C=O) groups is 2. The van der Waals surface area contributed by atoms with Crippen LogP contribution in [0, 0.1) is 0 Å². The minimum Gasteiger partial charge on any atom is -0.368 e. The topological polar surface area (TPSA) is 43.9 Å². The Balaban J connectivity index is 1.39. The van der Waals surface area contributed by atoms with E-state index in [0.29, 0.717) is 21.8 Å². The highest BCUT2D eigenvalue weighted by Crippen LogP contribution is 2.35. The van der Waals surface area contributed by atoms with Gasteiger partial charge in [0.1, 0.15) is 0 Å². The maximum atomic E-state index is 13.3. The van der Waals surface area contributed by atoms with E-state index in [2.05, 4.69) is 27.3 Å². The second-order valence-electron chi connectivity index (χ2n) is 7.47. The number of halogens is 1. The molecule has 5 nitrogen and oxygen atoms in total. The number of rotatable bonds is 4. The molecule has 3 heterocycles. The average molecular weight is 438 g/mol. The highest BCUT2D eigenvalue weighted by Gasteiger charge is 2.39. The van der Waals surface area contributed by atoms with Crippen molar-refractivity contribution in [3.05, 3.63) is 81.0 Å². The van der Waals surface area contributed by atoms with E-state index in [1.54, 1.807) is 41.7 Å². The smallest absolute Gasteiger partial charge is 0.268 e. The minimum atomic E-state index is -0.296. The summed E-state index contributed by atoms with van der Waals surface area (Å²) in [5.41, 5.74) is 2.29. The first-order valence-corrected chi connectivity index (χ1v) is 11.1. The number of anilines is 2. The fourth-order valence-electron chi connectivity index (χ4n) is 4.15. The van der Waals surface area contributed by atoms with Crippen LogP contribution in [-0.2, 0) is 6.54 Å². The van der Waals surface area contributed by atoms with E-state index in [1.807, 2.05) is 12.1 Å². The van der Waals surface area contributed by atoms with E-state index in [1.165, 1.54) is 9.78 Å². The molecule has 0 unspecified atom stereocenters. The van der Waals surface area contributed by atoms with E-state index >= 15 is 0 Å². The van der Waals surface area contributed by atoms with Crippen LogP contribution in [0.25, 0.3) is 0 Å². The first-order valence-electron chi connectivity index (χ1n) is 9.89. The minimum absolute atomic E-state index is 0.283. The lowest BCUT2D eigenvalue weighted by Gasteiger charge is -2.36. The van der Waals surface area contributed by atoms with Gasteiger partial charge < -0.3 is 4.90 Å². The highest BCUT2D eigenvalue weighted by atomic mass is 35.5. The maximum absolute atomic E-state index is 13.3. The first-order chi connectivity index (χ1) is 14.6. The Morgan fingerprint density at radius 3 is 2.43 bits per heavy atom. The van der Waals surface area contributed by atoms with Gasteiger partial charge in [-0.25, -0.2) is 4.90 Å². The summed E-state index contributed by atoms with van der Waals surface area (Å²) in [7, 11) is 0. The fourth-order valence-corrected chi connectivity index (χ4v) is 5.08. The molecule has 3 aromatic rings. The molecule has 0 N–H and O–H groups in total. The molecule has 152 valence electrons. The standard InChI is InChI=1S/C23H20ClN3O2S/c24-16-4-1-5-17(14-16)27-22(28)19-7-2-8-20(21(19)23(27)29)26-11-9-25(10-12-26)15-18-6-3-13-30-18/h1-8,13-14H,9-12,15H2. The van der Waals surface area contributed by atoms with Crippen molar-refractivity contribution in [1.29, 1.82) is 0 Å². The second-order valence-corrected chi connectivity index (χ2v) is 8.94. The third-order valence-corrected chi connectivity index (χ3v) is 6.73. The van der Waals surface area contributed by atoms with Gasteiger partial charge in [-0.15, -0.1) is 11.3 Å². The SMILES string of the molecule is O=C1c2cccc(N3CCN(Cc4cccs4)CC3)c2C(=O)N1c1cccc(Cl)c1. The molecule has 0 spiro atoms. The van der Waals surface area contributed by atoms with Crippen LogP contribution in [0.4, 0.5) is 11.4 Å². The van der Waals surface area contributed by atoms with Gasteiger partial charge in [-0.1, -0.05) is 29.8 Å². The Kier molecular flexibility index (Phi) is 5.06. The van der Waals surface area contributed by atoms with Gasteiger partial charge >= 0.3 is 0 Å². The number of hydrogen-bond acceptors (Lipinski definition) is 5. The predicted octanol–water partition coefficient (Wildman–Crippen LogP) is 4.52. The molecule has 0 bridgehead atoms. The Morgan fingerprint density at radius 2 is 1.70 bits per heavy atom. The van der Waals surface area contributed by atoms with Crippen LogP contribution in [-0.4, -0.2) is 42.9 Å². The van der Waals surface area contributed by atoms with Crippen LogP contribution < -0.4 is 9.80 Å². The van der Waals surface area contributed by atoms with Crippen molar-refractivity contribution in [2.24, 2.45) is 0 Å². The van der Waals surface area contributed by atoms with E-state index in [4.69, 9.17) is 11.6 Å². The molecule has 5 rings (SSSR count). The molecule has 1 fully saturated rings. The summed E-state index contributed by atoms with van der Waals surface area (Å²) >= 11 is 7.86. The van der Waals surface area contributed by atoms with Crippen LogP contribution in [0.2, 0.25) is 5.02 Å². The van der Waals surface area contributed by atoms with E-state index in [9.17, 15) is 9.59 Å². The molecule has 1 aromatic heterocycles. The van der Waals surface area contributed by atoms with Crippen molar-refractivity contribution in [3.8, 4) is 0 Å². The van der Waals surface area contributed by atoms with E-state index < -0.39 is 0 Å². The van der Waals surface area contributed by atoms with Gasteiger partial charge in [0, 0.05) is 42.6 Å². The zero-order valence-corrected chi connectivity index (χ0v) is 17.8. The van der Waals surface area contributed by atoms with Crippen LogP contribution in [0.3, 0.4) is 0 Å². The average Bonchev–Trinajstić information content (AvgIpc) is 3.35. The summed E-state index contributed by atoms with van der Waals surface area (Å²) in [6, 6.07) is 16.6. The van der Waals surface area contributed by atoms with Gasteiger partial charge in [-0.05, 0) is 41.8 Å². The lowest BCUT2D eigenvalue weighted by molar-refractivity contribution is 0.0926. The van der Waals surface area contributed by atoms with Crippen LogP contribution >= 0.6 is 22.9 Å². The molecule has 2 amide bonds. The third-order valence-electron chi connectivity index (χ3n) is 5.63. The predicted molar refractivity (Wildman–Crippen MR) is 121 cm³/mol. The molecule has 0 aliphatic carbocycles. The van der Waals surface area contributed by atoms with Crippen LogP contribution in [0.15, 0.2) is 60.0 Å². The quantitative estimate of drug-likeness (QED) is 0.563. The Labute approximate surface area is 184 Å². The van der Waals surface area contributed by atoms with Gasteiger partial charge in [0.2, 0.25) is 0 Å². The molecule has 0 radical (unpaired) electrons. The number of hydrogen-bond donors (Lipinski definition) is 0. The van der Waals surface area contributed by atoms with Crippen molar-refractivity contribution in [2.75, 3.05) is 36.0 Å². The van der Waals surface area contributed by atoms with E-state index in [0.717, 1.165) is 38.4 Å². The summed E-state index contributed by atoms with van der Waals surface area (Å²) in [6.45, 7) is 4.43. The summed E-state index contributed by atoms with van der Waals surface area (Å²) < 4.78 is 0. The Hall–Kier alpha value is -2.67. The summed E-state index contributed by atoms with van der Waals surface area (Å²) in [5, 5.41) is 2.60. The number of nitrogens with zero attached hydrogens (tertiary/aromatic N) is 3. The molecule has 2 aliphatic heterocycles. The molecular formula is C23H20ClN3O2S. The van der Waals surface area contributed by atoms with E-state index in [-0.39, 0.29) is 11.8 Å². The first kappa shape index (κ1) is 19.3. The molecule has 0 atom stereocenters. The zero-order valence-electron chi connectivity index (χ0n) is 16.3.